The van der Waals surface area contributed by atoms with Crippen molar-refractivity contribution in [3.8, 4) is 11.3 Å². The van der Waals surface area contributed by atoms with Crippen LogP contribution in [0, 0.1) is 6.92 Å². The van der Waals surface area contributed by atoms with Gasteiger partial charge in [0.05, 0.1) is 11.9 Å². The fraction of sp³-hybridized carbons (Fsp3) is 0.200. The zero-order valence-electron chi connectivity index (χ0n) is 20.1. The van der Waals surface area contributed by atoms with Crippen LogP contribution in [0.15, 0.2) is 61.1 Å². The average Bonchev–Trinajstić information content (AvgIpc) is 3.61. The van der Waals surface area contributed by atoms with Crippen LogP contribution < -0.4 is 10.6 Å². The van der Waals surface area contributed by atoms with Gasteiger partial charge in [0.25, 0.3) is 11.8 Å². The first-order chi connectivity index (χ1) is 17.5. The molecule has 5 aromatic rings. The SMILES string of the molecule is CCn1nccc1C(=O)Nc1cccc(NC(=O)c2cc3nccc(-c4cnn(CC)c4C)n3n2)c1. The minimum atomic E-state index is -0.389. The van der Waals surface area contributed by atoms with Crippen molar-refractivity contribution in [3.63, 3.8) is 0 Å². The van der Waals surface area contributed by atoms with Crippen molar-refractivity contribution >= 4 is 28.8 Å². The molecule has 0 aliphatic carbocycles. The zero-order valence-corrected chi connectivity index (χ0v) is 20.1. The third-order valence-corrected chi connectivity index (χ3v) is 5.90. The number of rotatable bonds is 7. The monoisotopic (exact) mass is 483 g/mol. The molecular weight excluding hydrogens is 458 g/mol. The topological polar surface area (TPSA) is 124 Å². The van der Waals surface area contributed by atoms with Crippen LogP contribution in [0.4, 0.5) is 11.4 Å². The first-order valence-corrected chi connectivity index (χ1v) is 11.6. The predicted molar refractivity (Wildman–Crippen MR) is 135 cm³/mol. The normalized spacial score (nSPS) is 11.1. The molecule has 0 fully saturated rings. The minimum Gasteiger partial charge on any atom is -0.321 e. The lowest BCUT2D eigenvalue weighted by Crippen LogP contribution is -2.17. The number of anilines is 2. The first kappa shape index (κ1) is 23.0. The van der Waals surface area contributed by atoms with E-state index in [0.717, 1.165) is 23.5 Å². The quantitative estimate of drug-likeness (QED) is 0.364. The van der Waals surface area contributed by atoms with Crippen LogP contribution in [0.25, 0.3) is 16.9 Å². The van der Waals surface area contributed by atoms with Crippen molar-refractivity contribution < 1.29 is 9.59 Å². The Hall–Kier alpha value is -4.80. The summed E-state index contributed by atoms with van der Waals surface area (Å²) in [7, 11) is 0. The predicted octanol–water partition coefficient (Wildman–Crippen LogP) is 3.64. The third kappa shape index (κ3) is 4.22. The van der Waals surface area contributed by atoms with Crippen LogP contribution >= 0.6 is 0 Å². The number of fused-ring (bicyclic) bond motifs is 1. The van der Waals surface area contributed by atoms with Crippen LogP contribution in [0.2, 0.25) is 0 Å². The van der Waals surface area contributed by atoms with Gasteiger partial charge in [0.15, 0.2) is 11.3 Å². The van der Waals surface area contributed by atoms with Crippen molar-refractivity contribution in [2.45, 2.75) is 33.9 Å². The van der Waals surface area contributed by atoms with Crippen LogP contribution in [0.1, 0.15) is 40.5 Å². The lowest BCUT2D eigenvalue weighted by atomic mass is 10.2. The highest BCUT2D eigenvalue weighted by Crippen LogP contribution is 2.24. The van der Waals surface area contributed by atoms with E-state index in [-0.39, 0.29) is 17.5 Å². The maximum atomic E-state index is 13.0. The molecule has 0 saturated heterocycles. The van der Waals surface area contributed by atoms with Crippen LogP contribution in [-0.2, 0) is 13.1 Å². The van der Waals surface area contributed by atoms with E-state index >= 15 is 0 Å². The number of amides is 2. The van der Waals surface area contributed by atoms with E-state index in [1.54, 1.807) is 64.2 Å². The summed E-state index contributed by atoms with van der Waals surface area (Å²) in [5.74, 6) is -0.668. The average molecular weight is 484 g/mol. The molecule has 2 amide bonds. The Morgan fingerprint density at radius 1 is 0.889 bits per heavy atom. The summed E-state index contributed by atoms with van der Waals surface area (Å²) in [6.07, 6.45) is 5.07. The molecule has 0 aliphatic heterocycles. The second-order valence-electron chi connectivity index (χ2n) is 8.11. The number of carbonyl (C=O) groups is 2. The van der Waals surface area contributed by atoms with E-state index in [0.29, 0.717) is 29.3 Å². The van der Waals surface area contributed by atoms with Crippen LogP contribution in [-0.4, -0.2) is 46.0 Å². The van der Waals surface area contributed by atoms with Gasteiger partial charge in [-0.25, -0.2) is 9.50 Å². The number of carbonyl (C=O) groups excluding carboxylic acids is 2. The van der Waals surface area contributed by atoms with Gasteiger partial charge >= 0.3 is 0 Å². The highest BCUT2D eigenvalue weighted by Gasteiger charge is 2.17. The molecule has 0 unspecified atom stereocenters. The minimum absolute atomic E-state index is 0.219. The van der Waals surface area contributed by atoms with Crippen molar-refractivity contribution in [1.82, 2.24) is 34.2 Å². The molecule has 0 saturated carbocycles. The molecule has 0 spiro atoms. The maximum absolute atomic E-state index is 13.0. The molecule has 11 heteroatoms. The van der Waals surface area contributed by atoms with Gasteiger partial charge in [-0.2, -0.15) is 15.3 Å². The lowest BCUT2D eigenvalue weighted by molar-refractivity contribution is 0.101. The summed E-state index contributed by atoms with van der Waals surface area (Å²) in [5.41, 5.74) is 5.02. The molecule has 5 rings (SSSR count). The van der Waals surface area contributed by atoms with E-state index in [1.807, 2.05) is 31.5 Å². The number of aryl methyl sites for hydroxylation is 2. The summed E-state index contributed by atoms with van der Waals surface area (Å²) in [5, 5.41) is 18.7. The highest BCUT2D eigenvalue weighted by atomic mass is 16.2. The van der Waals surface area contributed by atoms with Crippen LogP contribution in [0.5, 0.6) is 0 Å². The number of nitrogens with zero attached hydrogens (tertiary/aromatic N) is 7. The summed E-state index contributed by atoms with van der Waals surface area (Å²) >= 11 is 0. The first-order valence-electron chi connectivity index (χ1n) is 11.6. The summed E-state index contributed by atoms with van der Waals surface area (Å²) in [6.45, 7) is 7.29. The van der Waals surface area contributed by atoms with E-state index in [4.69, 9.17) is 0 Å². The Kier molecular flexibility index (Phi) is 6.03. The van der Waals surface area contributed by atoms with Crippen molar-refractivity contribution in [1.29, 1.82) is 0 Å². The Balaban J connectivity index is 1.36. The van der Waals surface area contributed by atoms with Crippen molar-refractivity contribution in [2.75, 3.05) is 10.6 Å². The lowest BCUT2D eigenvalue weighted by Gasteiger charge is -2.09. The van der Waals surface area contributed by atoms with E-state index < -0.39 is 0 Å². The molecule has 11 nitrogen and oxygen atoms in total. The number of nitrogens with one attached hydrogen (secondary N) is 2. The van der Waals surface area contributed by atoms with Crippen molar-refractivity contribution in [3.05, 3.63) is 78.1 Å². The Morgan fingerprint density at radius 3 is 2.36 bits per heavy atom. The Bertz CT molecular complexity index is 1580. The van der Waals surface area contributed by atoms with Gasteiger partial charge in [-0.3, -0.25) is 19.0 Å². The molecule has 36 heavy (non-hydrogen) atoms. The Labute approximate surface area is 206 Å². The highest BCUT2D eigenvalue weighted by molar-refractivity contribution is 6.05. The summed E-state index contributed by atoms with van der Waals surface area (Å²) < 4.78 is 5.16. The number of hydrogen-bond acceptors (Lipinski definition) is 6. The van der Waals surface area contributed by atoms with Crippen molar-refractivity contribution in [2.24, 2.45) is 0 Å². The largest absolute Gasteiger partial charge is 0.321 e. The molecule has 0 bridgehead atoms. The molecule has 0 aliphatic rings. The second kappa shape index (κ2) is 9.45. The fourth-order valence-corrected chi connectivity index (χ4v) is 4.07. The van der Waals surface area contributed by atoms with Gasteiger partial charge in [-0.15, -0.1) is 0 Å². The zero-order chi connectivity index (χ0) is 25.2. The summed E-state index contributed by atoms with van der Waals surface area (Å²) in [6, 6.07) is 12.1. The summed E-state index contributed by atoms with van der Waals surface area (Å²) in [4.78, 5) is 30.0. The van der Waals surface area contributed by atoms with Gasteiger partial charge in [0.2, 0.25) is 0 Å². The molecule has 1 aromatic carbocycles. The van der Waals surface area contributed by atoms with Gasteiger partial charge < -0.3 is 10.6 Å². The van der Waals surface area contributed by atoms with E-state index in [2.05, 4.69) is 30.9 Å². The second-order valence-corrected chi connectivity index (χ2v) is 8.11. The van der Waals surface area contributed by atoms with E-state index in [1.165, 1.54) is 0 Å². The molecule has 4 aromatic heterocycles. The molecule has 2 N–H and O–H groups in total. The van der Waals surface area contributed by atoms with Gasteiger partial charge in [-0.05, 0) is 51.1 Å². The van der Waals surface area contributed by atoms with Gasteiger partial charge in [-0.1, -0.05) is 6.07 Å². The number of aromatic nitrogens is 7. The van der Waals surface area contributed by atoms with Gasteiger partial charge in [0.1, 0.15) is 5.69 Å². The van der Waals surface area contributed by atoms with Gasteiger partial charge in [0, 0.05) is 54.2 Å². The maximum Gasteiger partial charge on any atom is 0.276 e. The smallest absolute Gasteiger partial charge is 0.276 e. The molecule has 0 radical (unpaired) electrons. The Morgan fingerprint density at radius 2 is 1.64 bits per heavy atom. The molecule has 4 heterocycles. The molecular formula is C25H25N9O2. The van der Waals surface area contributed by atoms with Crippen LogP contribution in [0.3, 0.4) is 0 Å². The van der Waals surface area contributed by atoms with E-state index in [9.17, 15) is 9.59 Å². The standard InChI is InChI=1S/C25H25N9O2/c1-4-32-16(3)19(15-28-32)21-9-11-26-23-14-20(31-34(21)23)24(35)29-17-7-6-8-18(13-17)30-25(36)22-10-12-27-33(22)5-2/h6-15H,4-5H2,1-3H3,(H,29,35)(H,30,36). The molecule has 182 valence electrons. The number of hydrogen-bond donors (Lipinski definition) is 2. The number of benzene rings is 1. The fourth-order valence-electron chi connectivity index (χ4n) is 4.07. The third-order valence-electron chi connectivity index (χ3n) is 5.90. The molecule has 0 atom stereocenters.